The molecule has 1 aromatic heterocycles. The van der Waals surface area contributed by atoms with E-state index in [2.05, 4.69) is 15.4 Å². The summed E-state index contributed by atoms with van der Waals surface area (Å²) in [5.41, 5.74) is 0. The van der Waals surface area contributed by atoms with Crippen LogP contribution in [0.25, 0.3) is 0 Å². The zero-order chi connectivity index (χ0) is 11.3. The van der Waals surface area contributed by atoms with Crippen molar-refractivity contribution in [3.8, 4) is 0 Å². The van der Waals surface area contributed by atoms with Gasteiger partial charge in [-0.25, -0.2) is 9.67 Å². The summed E-state index contributed by atoms with van der Waals surface area (Å²) in [5, 5.41) is 14.8. The van der Waals surface area contributed by atoms with Crippen molar-refractivity contribution in [2.75, 3.05) is 0 Å². The summed E-state index contributed by atoms with van der Waals surface area (Å²) >= 11 is 0. The fraction of sp³-hybridized carbons (Fsp3) is 0.500. The quantitative estimate of drug-likeness (QED) is 0.669. The highest BCUT2D eigenvalue weighted by Gasteiger charge is 2.11. The molecule has 15 heavy (non-hydrogen) atoms. The van der Waals surface area contributed by atoms with Crippen molar-refractivity contribution in [3.05, 3.63) is 12.7 Å². The van der Waals surface area contributed by atoms with Gasteiger partial charge in [-0.1, -0.05) is 0 Å². The summed E-state index contributed by atoms with van der Waals surface area (Å²) in [5.74, 6) is -1.22. The predicted octanol–water partition coefficient (Wildman–Crippen LogP) is -0.742. The Kier molecular flexibility index (Phi) is 3.78. The zero-order valence-electron chi connectivity index (χ0n) is 8.25. The van der Waals surface area contributed by atoms with E-state index in [4.69, 9.17) is 5.11 Å². The van der Waals surface area contributed by atoms with Crippen molar-refractivity contribution in [1.82, 2.24) is 20.1 Å². The van der Waals surface area contributed by atoms with Crippen LogP contribution < -0.4 is 5.32 Å². The van der Waals surface area contributed by atoms with Gasteiger partial charge in [-0.3, -0.25) is 9.59 Å². The second kappa shape index (κ2) is 5.08. The van der Waals surface area contributed by atoms with Crippen LogP contribution in [0.4, 0.5) is 0 Å². The van der Waals surface area contributed by atoms with Crippen LogP contribution in [0.1, 0.15) is 13.3 Å². The van der Waals surface area contributed by atoms with Crippen LogP contribution in [-0.2, 0) is 16.1 Å². The third kappa shape index (κ3) is 4.21. The van der Waals surface area contributed by atoms with Crippen LogP contribution in [0.2, 0.25) is 0 Å². The van der Waals surface area contributed by atoms with Crippen molar-refractivity contribution in [2.45, 2.75) is 25.9 Å². The normalized spacial score (nSPS) is 12.1. The molecular formula is C8H12N4O3. The van der Waals surface area contributed by atoms with E-state index in [9.17, 15) is 9.59 Å². The lowest BCUT2D eigenvalue weighted by atomic mass is 10.2. The number of hydrogen-bond donors (Lipinski definition) is 2. The molecule has 2 N–H and O–H groups in total. The first-order valence-electron chi connectivity index (χ1n) is 4.41. The number of amides is 1. The standard InChI is InChI=1S/C8H12N4O3/c1-6(2-8(14)15)11-7(13)3-12-5-9-4-10-12/h4-6H,2-3H2,1H3,(H,11,13)(H,14,15). The average Bonchev–Trinajstić information content (AvgIpc) is 2.53. The van der Waals surface area contributed by atoms with E-state index in [1.807, 2.05) is 0 Å². The first kappa shape index (κ1) is 11.2. The van der Waals surface area contributed by atoms with Crippen molar-refractivity contribution < 1.29 is 14.7 Å². The predicted molar refractivity (Wildman–Crippen MR) is 49.9 cm³/mol. The van der Waals surface area contributed by atoms with Crippen LogP contribution in [0.15, 0.2) is 12.7 Å². The first-order chi connectivity index (χ1) is 7.08. The molecular weight excluding hydrogens is 200 g/mol. The molecule has 0 saturated heterocycles. The molecule has 1 rings (SSSR count). The molecule has 0 aromatic carbocycles. The van der Waals surface area contributed by atoms with Gasteiger partial charge in [0, 0.05) is 6.04 Å². The Morgan fingerprint density at radius 2 is 2.33 bits per heavy atom. The second-order valence-corrected chi connectivity index (χ2v) is 3.16. The Labute approximate surface area is 86.1 Å². The van der Waals surface area contributed by atoms with E-state index < -0.39 is 12.0 Å². The molecule has 1 amide bonds. The number of aliphatic carboxylic acids is 1. The van der Waals surface area contributed by atoms with E-state index in [1.165, 1.54) is 17.3 Å². The minimum atomic E-state index is -0.941. The van der Waals surface area contributed by atoms with Gasteiger partial charge in [0.1, 0.15) is 19.2 Å². The summed E-state index contributed by atoms with van der Waals surface area (Å²) in [7, 11) is 0. The van der Waals surface area contributed by atoms with Gasteiger partial charge in [0.15, 0.2) is 0 Å². The third-order valence-electron chi connectivity index (χ3n) is 1.66. The minimum Gasteiger partial charge on any atom is -0.481 e. The number of carbonyl (C=O) groups excluding carboxylic acids is 1. The van der Waals surface area contributed by atoms with E-state index in [0.29, 0.717) is 0 Å². The van der Waals surface area contributed by atoms with Gasteiger partial charge in [-0.2, -0.15) is 5.10 Å². The molecule has 0 spiro atoms. The molecule has 1 heterocycles. The molecule has 0 bridgehead atoms. The van der Waals surface area contributed by atoms with E-state index in [0.717, 1.165) is 0 Å². The highest BCUT2D eigenvalue weighted by atomic mass is 16.4. The monoisotopic (exact) mass is 212 g/mol. The van der Waals surface area contributed by atoms with Gasteiger partial charge in [-0.15, -0.1) is 0 Å². The van der Waals surface area contributed by atoms with Gasteiger partial charge in [-0.05, 0) is 6.92 Å². The highest BCUT2D eigenvalue weighted by molar-refractivity contribution is 5.77. The summed E-state index contributed by atoms with van der Waals surface area (Å²) in [4.78, 5) is 25.3. The Morgan fingerprint density at radius 3 is 2.87 bits per heavy atom. The highest BCUT2D eigenvalue weighted by Crippen LogP contribution is 1.91. The smallest absolute Gasteiger partial charge is 0.305 e. The molecule has 7 nitrogen and oxygen atoms in total. The number of aromatic nitrogens is 3. The molecule has 1 aromatic rings. The number of nitrogens with zero attached hydrogens (tertiary/aromatic N) is 3. The number of carbonyl (C=O) groups is 2. The van der Waals surface area contributed by atoms with E-state index in [1.54, 1.807) is 6.92 Å². The van der Waals surface area contributed by atoms with Crippen LogP contribution in [-0.4, -0.2) is 37.8 Å². The molecule has 0 aliphatic heterocycles. The maximum atomic E-state index is 11.3. The Bertz CT molecular complexity index is 336. The first-order valence-corrected chi connectivity index (χ1v) is 4.41. The number of carboxylic acid groups (broad SMARTS) is 1. The molecule has 1 unspecified atom stereocenters. The maximum Gasteiger partial charge on any atom is 0.305 e. The van der Waals surface area contributed by atoms with Crippen LogP contribution in [0.3, 0.4) is 0 Å². The van der Waals surface area contributed by atoms with Gasteiger partial charge in [0.2, 0.25) is 5.91 Å². The Balaban J connectivity index is 2.33. The van der Waals surface area contributed by atoms with Crippen molar-refractivity contribution in [2.24, 2.45) is 0 Å². The van der Waals surface area contributed by atoms with Crippen molar-refractivity contribution in [3.63, 3.8) is 0 Å². The van der Waals surface area contributed by atoms with E-state index in [-0.39, 0.29) is 18.9 Å². The molecule has 0 fully saturated rings. The Hall–Kier alpha value is -1.92. The summed E-state index contributed by atoms with van der Waals surface area (Å²) < 4.78 is 1.36. The maximum absolute atomic E-state index is 11.3. The SMILES string of the molecule is CC(CC(=O)O)NC(=O)Cn1cncn1. The number of rotatable bonds is 5. The molecule has 0 saturated carbocycles. The molecule has 1 atom stereocenters. The lowest BCUT2D eigenvalue weighted by Gasteiger charge is -2.10. The third-order valence-corrected chi connectivity index (χ3v) is 1.66. The van der Waals surface area contributed by atoms with Crippen LogP contribution in [0, 0.1) is 0 Å². The Morgan fingerprint density at radius 1 is 1.60 bits per heavy atom. The summed E-state index contributed by atoms with van der Waals surface area (Å²) in [6.07, 6.45) is 2.65. The second-order valence-electron chi connectivity index (χ2n) is 3.16. The molecule has 82 valence electrons. The molecule has 0 aliphatic rings. The largest absolute Gasteiger partial charge is 0.481 e. The van der Waals surface area contributed by atoms with Crippen molar-refractivity contribution in [1.29, 1.82) is 0 Å². The zero-order valence-corrected chi connectivity index (χ0v) is 8.25. The number of carboxylic acids is 1. The number of hydrogen-bond acceptors (Lipinski definition) is 4. The van der Waals surface area contributed by atoms with Gasteiger partial charge >= 0.3 is 5.97 Å². The molecule has 0 aliphatic carbocycles. The number of nitrogens with one attached hydrogen (secondary N) is 1. The minimum absolute atomic E-state index is 0.0456. The summed E-state index contributed by atoms with van der Waals surface area (Å²) in [6, 6.07) is -0.390. The van der Waals surface area contributed by atoms with Gasteiger partial charge in [0.05, 0.1) is 6.42 Å². The fourth-order valence-corrected chi connectivity index (χ4v) is 1.09. The van der Waals surface area contributed by atoms with Crippen LogP contribution >= 0.6 is 0 Å². The van der Waals surface area contributed by atoms with Crippen molar-refractivity contribution >= 4 is 11.9 Å². The molecule has 7 heteroatoms. The average molecular weight is 212 g/mol. The lowest BCUT2D eigenvalue weighted by molar-refractivity contribution is -0.137. The lowest BCUT2D eigenvalue weighted by Crippen LogP contribution is -2.36. The van der Waals surface area contributed by atoms with E-state index >= 15 is 0 Å². The van der Waals surface area contributed by atoms with Gasteiger partial charge in [0.25, 0.3) is 0 Å². The fourth-order valence-electron chi connectivity index (χ4n) is 1.09. The topological polar surface area (TPSA) is 97.1 Å². The summed E-state index contributed by atoms with van der Waals surface area (Å²) in [6.45, 7) is 1.68. The molecule has 0 radical (unpaired) electrons. The van der Waals surface area contributed by atoms with Gasteiger partial charge < -0.3 is 10.4 Å². The van der Waals surface area contributed by atoms with Crippen LogP contribution in [0.5, 0.6) is 0 Å².